The van der Waals surface area contributed by atoms with Gasteiger partial charge in [-0.1, -0.05) is 11.6 Å². The molecule has 1 N–H and O–H groups in total. The normalized spacial score (nSPS) is 11.3. The molecule has 1 aromatic carbocycles. The van der Waals surface area contributed by atoms with Gasteiger partial charge < -0.3 is 10.1 Å². The SMILES string of the molecule is CCn1nc(C)c(NC(=O)c2sc3cc(OC(F)F)ccc3c2Cl)c1C. The van der Waals surface area contributed by atoms with Crippen molar-refractivity contribution in [1.29, 1.82) is 0 Å². The lowest BCUT2D eigenvalue weighted by Crippen LogP contribution is -2.12. The Morgan fingerprint density at radius 2 is 2.15 bits per heavy atom. The largest absolute Gasteiger partial charge is 0.435 e. The predicted octanol–water partition coefficient (Wildman–Crippen LogP) is 5.24. The van der Waals surface area contributed by atoms with Crippen molar-refractivity contribution in [3.63, 3.8) is 0 Å². The average Bonchev–Trinajstić information content (AvgIpc) is 3.05. The summed E-state index contributed by atoms with van der Waals surface area (Å²) in [4.78, 5) is 13.0. The summed E-state index contributed by atoms with van der Waals surface area (Å²) < 4.78 is 31.5. The maximum absolute atomic E-state index is 12.7. The Bertz CT molecular complexity index is 984. The number of thiophene rings is 1. The highest BCUT2D eigenvalue weighted by molar-refractivity contribution is 7.21. The van der Waals surface area contributed by atoms with Gasteiger partial charge in [-0.15, -0.1) is 11.3 Å². The molecule has 0 radical (unpaired) electrons. The Balaban J connectivity index is 1.93. The van der Waals surface area contributed by atoms with Gasteiger partial charge in [0, 0.05) is 16.6 Å². The van der Waals surface area contributed by atoms with Gasteiger partial charge in [-0.3, -0.25) is 9.48 Å². The van der Waals surface area contributed by atoms with E-state index in [9.17, 15) is 13.6 Å². The number of aryl methyl sites for hydroxylation is 2. The molecule has 1 amide bonds. The van der Waals surface area contributed by atoms with Crippen LogP contribution in [0.4, 0.5) is 14.5 Å². The molecule has 2 aromatic heterocycles. The predicted molar refractivity (Wildman–Crippen MR) is 98.8 cm³/mol. The van der Waals surface area contributed by atoms with Crippen molar-refractivity contribution < 1.29 is 18.3 Å². The molecule has 138 valence electrons. The summed E-state index contributed by atoms with van der Waals surface area (Å²) in [7, 11) is 0. The number of hydrogen-bond donors (Lipinski definition) is 1. The van der Waals surface area contributed by atoms with E-state index in [4.69, 9.17) is 11.6 Å². The van der Waals surface area contributed by atoms with Crippen LogP contribution in [0.25, 0.3) is 10.1 Å². The minimum Gasteiger partial charge on any atom is -0.435 e. The number of rotatable bonds is 5. The lowest BCUT2D eigenvalue weighted by Gasteiger charge is -2.05. The molecule has 26 heavy (non-hydrogen) atoms. The number of hydrogen-bond acceptors (Lipinski definition) is 4. The van der Waals surface area contributed by atoms with E-state index in [1.54, 1.807) is 10.7 Å². The third kappa shape index (κ3) is 3.39. The van der Waals surface area contributed by atoms with Crippen molar-refractivity contribution in [2.24, 2.45) is 0 Å². The van der Waals surface area contributed by atoms with Gasteiger partial charge in [-0.05, 0) is 39.0 Å². The minimum atomic E-state index is -2.91. The molecule has 0 spiro atoms. The Morgan fingerprint density at radius 3 is 2.77 bits per heavy atom. The Labute approximate surface area is 157 Å². The van der Waals surface area contributed by atoms with Crippen molar-refractivity contribution in [2.75, 3.05) is 5.32 Å². The number of nitrogens with zero attached hydrogens (tertiary/aromatic N) is 2. The molecule has 3 aromatic rings. The number of halogens is 3. The number of alkyl halides is 2. The second kappa shape index (κ2) is 7.20. The van der Waals surface area contributed by atoms with E-state index in [0.29, 0.717) is 32.9 Å². The monoisotopic (exact) mass is 399 g/mol. The van der Waals surface area contributed by atoms with Crippen LogP contribution in [0.1, 0.15) is 28.0 Å². The van der Waals surface area contributed by atoms with Gasteiger partial charge in [0.15, 0.2) is 0 Å². The molecule has 0 saturated heterocycles. The van der Waals surface area contributed by atoms with E-state index in [0.717, 1.165) is 17.0 Å². The molecular weight excluding hydrogens is 384 g/mol. The van der Waals surface area contributed by atoms with Crippen LogP contribution in [0.2, 0.25) is 5.02 Å². The maximum Gasteiger partial charge on any atom is 0.387 e. The second-order valence-electron chi connectivity index (χ2n) is 5.60. The van der Waals surface area contributed by atoms with Crippen LogP contribution in [0.5, 0.6) is 5.75 Å². The van der Waals surface area contributed by atoms with E-state index >= 15 is 0 Å². The van der Waals surface area contributed by atoms with Crippen LogP contribution >= 0.6 is 22.9 Å². The Kier molecular flexibility index (Phi) is 5.15. The molecular formula is C17H16ClF2N3O2S. The first kappa shape index (κ1) is 18.6. The smallest absolute Gasteiger partial charge is 0.387 e. The van der Waals surface area contributed by atoms with Crippen LogP contribution in [0, 0.1) is 13.8 Å². The van der Waals surface area contributed by atoms with Gasteiger partial charge in [0.2, 0.25) is 0 Å². The summed E-state index contributed by atoms with van der Waals surface area (Å²) in [5, 5.41) is 8.11. The number of carbonyl (C=O) groups is 1. The molecule has 5 nitrogen and oxygen atoms in total. The Morgan fingerprint density at radius 1 is 1.42 bits per heavy atom. The van der Waals surface area contributed by atoms with Crippen molar-refractivity contribution in [1.82, 2.24) is 9.78 Å². The van der Waals surface area contributed by atoms with Gasteiger partial charge in [0.1, 0.15) is 10.6 Å². The van der Waals surface area contributed by atoms with Crippen molar-refractivity contribution >= 4 is 44.6 Å². The van der Waals surface area contributed by atoms with E-state index in [1.807, 2.05) is 20.8 Å². The first-order valence-electron chi connectivity index (χ1n) is 7.84. The quantitative estimate of drug-likeness (QED) is 0.638. The van der Waals surface area contributed by atoms with Crippen LogP contribution in [-0.4, -0.2) is 22.3 Å². The van der Waals surface area contributed by atoms with Gasteiger partial charge in [-0.25, -0.2) is 0 Å². The topological polar surface area (TPSA) is 56.2 Å². The maximum atomic E-state index is 12.7. The van der Waals surface area contributed by atoms with Crippen molar-refractivity contribution in [2.45, 2.75) is 33.9 Å². The lowest BCUT2D eigenvalue weighted by atomic mass is 10.2. The molecule has 9 heteroatoms. The zero-order valence-electron chi connectivity index (χ0n) is 14.3. The average molecular weight is 400 g/mol. The summed E-state index contributed by atoms with van der Waals surface area (Å²) in [6.45, 7) is 3.44. The number of benzene rings is 1. The molecule has 2 heterocycles. The van der Waals surface area contributed by atoms with E-state index in [-0.39, 0.29) is 16.7 Å². The third-order valence-electron chi connectivity index (χ3n) is 3.95. The minimum absolute atomic E-state index is 0.0216. The van der Waals surface area contributed by atoms with Gasteiger partial charge >= 0.3 is 6.61 Å². The van der Waals surface area contributed by atoms with E-state index < -0.39 is 6.61 Å². The standard InChI is InChI=1S/C17H16ClF2N3O2S/c1-4-23-9(3)14(8(2)22-23)21-16(24)15-13(18)11-6-5-10(25-17(19)20)7-12(11)26-15/h5-7,17H,4H2,1-3H3,(H,21,24). The number of ether oxygens (including phenoxy) is 1. The van der Waals surface area contributed by atoms with Crippen molar-refractivity contribution in [3.05, 3.63) is 39.5 Å². The second-order valence-corrected chi connectivity index (χ2v) is 7.03. The molecule has 0 atom stereocenters. The molecule has 0 aliphatic rings. The highest BCUT2D eigenvalue weighted by Gasteiger charge is 2.21. The number of carbonyl (C=O) groups excluding carboxylic acids is 1. The highest BCUT2D eigenvalue weighted by atomic mass is 35.5. The fourth-order valence-electron chi connectivity index (χ4n) is 2.72. The fraction of sp³-hybridized carbons (Fsp3) is 0.294. The first-order chi connectivity index (χ1) is 12.3. The Hall–Kier alpha value is -2.19. The molecule has 3 rings (SSSR count). The molecule has 0 aliphatic heterocycles. The van der Waals surface area contributed by atoms with Crippen LogP contribution in [0.3, 0.4) is 0 Å². The fourth-order valence-corrected chi connectivity index (χ4v) is 4.16. The van der Waals surface area contributed by atoms with Gasteiger partial charge in [-0.2, -0.15) is 13.9 Å². The van der Waals surface area contributed by atoms with Crippen LogP contribution < -0.4 is 10.1 Å². The summed E-state index contributed by atoms with van der Waals surface area (Å²) in [5.41, 5.74) is 2.21. The van der Waals surface area contributed by atoms with Gasteiger partial charge in [0.05, 0.1) is 22.1 Å². The molecule has 0 bridgehead atoms. The van der Waals surface area contributed by atoms with Gasteiger partial charge in [0.25, 0.3) is 5.91 Å². The number of anilines is 1. The zero-order valence-corrected chi connectivity index (χ0v) is 15.8. The molecule has 0 unspecified atom stereocenters. The van der Waals surface area contributed by atoms with Crippen LogP contribution in [0.15, 0.2) is 18.2 Å². The number of fused-ring (bicyclic) bond motifs is 1. The van der Waals surface area contributed by atoms with Crippen LogP contribution in [-0.2, 0) is 6.54 Å². The van der Waals surface area contributed by atoms with E-state index in [1.165, 1.54) is 12.1 Å². The molecule has 0 saturated carbocycles. The zero-order chi connectivity index (χ0) is 19.0. The molecule has 0 aliphatic carbocycles. The number of aromatic nitrogens is 2. The summed E-state index contributed by atoms with van der Waals surface area (Å²) >= 11 is 7.45. The lowest BCUT2D eigenvalue weighted by molar-refractivity contribution is -0.0497. The third-order valence-corrected chi connectivity index (χ3v) is 5.61. The number of nitrogens with one attached hydrogen (secondary N) is 1. The van der Waals surface area contributed by atoms with E-state index in [2.05, 4.69) is 15.2 Å². The highest BCUT2D eigenvalue weighted by Crippen LogP contribution is 2.38. The summed E-state index contributed by atoms with van der Waals surface area (Å²) in [5.74, 6) is -0.345. The van der Waals surface area contributed by atoms with Crippen molar-refractivity contribution in [3.8, 4) is 5.75 Å². The first-order valence-corrected chi connectivity index (χ1v) is 9.03. The molecule has 0 fully saturated rings. The number of amides is 1. The summed E-state index contributed by atoms with van der Waals surface area (Å²) in [6, 6.07) is 4.41. The summed E-state index contributed by atoms with van der Waals surface area (Å²) in [6.07, 6.45) is 0.